The van der Waals surface area contributed by atoms with Gasteiger partial charge in [-0.1, -0.05) is 109 Å². The minimum absolute atomic E-state index is 0.532. The maximum Gasteiger partial charge on any atom is 0.182 e. The monoisotopic (exact) mass is 578 g/mol. The first kappa shape index (κ1) is 26.5. The first-order valence-electron chi connectivity index (χ1n) is 14.8. The van der Waals surface area contributed by atoms with Crippen LogP contribution in [0.5, 0.6) is 0 Å². The molecular weight excluding hydrogens is 552 g/mol. The molecule has 4 aromatic heterocycles. The molecule has 0 bridgehead atoms. The fourth-order valence-corrected chi connectivity index (χ4v) is 5.58. The van der Waals surface area contributed by atoms with Crippen molar-refractivity contribution in [2.45, 2.75) is 6.92 Å². The van der Waals surface area contributed by atoms with E-state index in [0.717, 1.165) is 55.4 Å². The highest BCUT2D eigenvalue weighted by Gasteiger charge is 2.14. The molecule has 45 heavy (non-hydrogen) atoms. The number of hydrogen-bond donors (Lipinski definition) is 0. The molecule has 0 aliphatic rings. The molecule has 8 aromatic rings. The Kier molecular flexibility index (Phi) is 6.57. The molecule has 0 aliphatic carbocycles. The van der Waals surface area contributed by atoms with Crippen LogP contribution in [0, 0.1) is 6.92 Å². The Morgan fingerprint density at radius 3 is 1.69 bits per heavy atom. The van der Waals surface area contributed by atoms with Crippen molar-refractivity contribution in [3.8, 4) is 56.8 Å². The Hall–Kier alpha value is -6.14. The van der Waals surface area contributed by atoms with Crippen molar-refractivity contribution in [3.63, 3.8) is 0 Å². The average Bonchev–Trinajstić information content (AvgIpc) is 3.12. The van der Waals surface area contributed by atoms with E-state index >= 15 is 0 Å². The topological polar surface area (TPSA) is 77.3 Å². The minimum Gasteiger partial charge on any atom is -0.253 e. The SMILES string of the molecule is Cc1cc(-c2ccccc2)nc2c1ccc1ccc(-c3ccc(-c4nc(-c5ccccc5)nc(-c5ccccn5)n4)cc3)nc12. The van der Waals surface area contributed by atoms with Crippen LogP contribution in [0.15, 0.2) is 140 Å². The van der Waals surface area contributed by atoms with E-state index < -0.39 is 0 Å². The lowest BCUT2D eigenvalue weighted by molar-refractivity contribution is 1.06. The zero-order valence-electron chi connectivity index (χ0n) is 24.5. The van der Waals surface area contributed by atoms with Gasteiger partial charge in [0.15, 0.2) is 17.5 Å². The van der Waals surface area contributed by atoms with Gasteiger partial charge < -0.3 is 0 Å². The lowest BCUT2D eigenvalue weighted by atomic mass is 10.0. The summed E-state index contributed by atoms with van der Waals surface area (Å²) in [6, 6.07) is 44.7. The van der Waals surface area contributed by atoms with Gasteiger partial charge >= 0.3 is 0 Å². The third-order valence-electron chi connectivity index (χ3n) is 7.92. The average molecular weight is 579 g/mol. The first-order chi connectivity index (χ1) is 22.2. The Bertz CT molecular complexity index is 2250. The van der Waals surface area contributed by atoms with E-state index in [1.165, 1.54) is 5.56 Å². The van der Waals surface area contributed by atoms with Crippen LogP contribution in [0.3, 0.4) is 0 Å². The van der Waals surface area contributed by atoms with Gasteiger partial charge in [0.25, 0.3) is 0 Å². The maximum atomic E-state index is 5.15. The molecule has 0 saturated heterocycles. The molecule has 4 aromatic carbocycles. The fourth-order valence-electron chi connectivity index (χ4n) is 5.58. The fraction of sp³-hybridized carbons (Fsp3) is 0.0256. The second kappa shape index (κ2) is 11.2. The van der Waals surface area contributed by atoms with Gasteiger partial charge in [-0.15, -0.1) is 0 Å². The van der Waals surface area contributed by atoms with Crippen LogP contribution in [0.2, 0.25) is 0 Å². The summed E-state index contributed by atoms with van der Waals surface area (Å²) in [4.78, 5) is 29.1. The van der Waals surface area contributed by atoms with Crippen molar-refractivity contribution in [2.75, 3.05) is 0 Å². The highest BCUT2D eigenvalue weighted by molar-refractivity contribution is 6.05. The molecule has 0 unspecified atom stereocenters. The van der Waals surface area contributed by atoms with E-state index in [4.69, 9.17) is 24.9 Å². The molecule has 0 N–H and O–H groups in total. The highest BCUT2D eigenvalue weighted by Crippen LogP contribution is 2.31. The van der Waals surface area contributed by atoms with Gasteiger partial charge in [-0.05, 0) is 36.8 Å². The molecule has 0 radical (unpaired) electrons. The molecule has 0 saturated carbocycles. The summed E-state index contributed by atoms with van der Waals surface area (Å²) in [5.74, 6) is 1.72. The summed E-state index contributed by atoms with van der Waals surface area (Å²) in [5, 5.41) is 2.16. The molecule has 0 aliphatic heterocycles. The van der Waals surface area contributed by atoms with Gasteiger partial charge in [0.05, 0.1) is 22.4 Å². The Labute approximate surface area is 260 Å². The lowest BCUT2D eigenvalue weighted by Crippen LogP contribution is -2.01. The predicted molar refractivity (Wildman–Crippen MR) is 180 cm³/mol. The molecule has 0 atom stereocenters. The summed E-state index contributed by atoms with van der Waals surface area (Å²) in [6.45, 7) is 2.13. The number of fused-ring (bicyclic) bond motifs is 3. The zero-order chi connectivity index (χ0) is 30.2. The van der Waals surface area contributed by atoms with E-state index in [9.17, 15) is 0 Å². The lowest BCUT2D eigenvalue weighted by Gasteiger charge is -2.11. The number of aryl methyl sites for hydroxylation is 1. The Morgan fingerprint density at radius 1 is 0.400 bits per heavy atom. The van der Waals surface area contributed by atoms with Gasteiger partial charge in [0.2, 0.25) is 0 Å². The molecule has 6 heteroatoms. The van der Waals surface area contributed by atoms with Crippen LogP contribution >= 0.6 is 0 Å². The second-order valence-corrected chi connectivity index (χ2v) is 10.9. The summed E-state index contributed by atoms with van der Waals surface area (Å²) < 4.78 is 0. The highest BCUT2D eigenvalue weighted by atomic mass is 15.0. The second-order valence-electron chi connectivity index (χ2n) is 10.9. The van der Waals surface area contributed by atoms with E-state index in [1.807, 2.05) is 78.9 Å². The van der Waals surface area contributed by atoms with E-state index in [0.29, 0.717) is 23.2 Å². The molecule has 0 spiro atoms. The third kappa shape index (κ3) is 5.08. The quantitative estimate of drug-likeness (QED) is 0.190. The number of hydrogen-bond acceptors (Lipinski definition) is 6. The number of nitrogens with zero attached hydrogens (tertiary/aromatic N) is 6. The van der Waals surface area contributed by atoms with Crippen LogP contribution in [-0.4, -0.2) is 29.9 Å². The first-order valence-corrected chi connectivity index (χ1v) is 14.8. The normalized spacial score (nSPS) is 11.2. The van der Waals surface area contributed by atoms with Crippen molar-refractivity contribution in [2.24, 2.45) is 0 Å². The number of rotatable bonds is 5. The van der Waals surface area contributed by atoms with E-state index in [1.54, 1.807) is 6.20 Å². The zero-order valence-corrected chi connectivity index (χ0v) is 24.5. The molecule has 212 valence electrons. The summed E-state index contributed by atoms with van der Waals surface area (Å²) in [5.41, 5.74) is 9.38. The molecule has 6 nitrogen and oxygen atoms in total. The van der Waals surface area contributed by atoms with Gasteiger partial charge in [0, 0.05) is 39.2 Å². The van der Waals surface area contributed by atoms with Gasteiger partial charge in [-0.2, -0.15) is 0 Å². The Morgan fingerprint density at radius 2 is 0.978 bits per heavy atom. The van der Waals surface area contributed by atoms with Gasteiger partial charge in [-0.3, -0.25) is 4.98 Å². The largest absolute Gasteiger partial charge is 0.253 e. The molecule has 0 fully saturated rings. The van der Waals surface area contributed by atoms with Gasteiger partial charge in [0.1, 0.15) is 5.69 Å². The molecule has 0 amide bonds. The smallest absolute Gasteiger partial charge is 0.182 e. The van der Waals surface area contributed by atoms with Crippen LogP contribution in [-0.2, 0) is 0 Å². The molecule has 4 heterocycles. The van der Waals surface area contributed by atoms with Crippen LogP contribution < -0.4 is 0 Å². The summed E-state index contributed by atoms with van der Waals surface area (Å²) in [6.07, 6.45) is 1.74. The van der Waals surface area contributed by atoms with Crippen LogP contribution in [0.25, 0.3) is 78.6 Å². The van der Waals surface area contributed by atoms with Crippen molar-refractivity contribution >= 4 is 21.8 Å². The predicted octanol–water partition coefficient (Wildman–Crippen LogP) is 9.01. The van der Waals surface area contributed by atoms with Crippen LogP contribution in [0.4, 0.5) is 0 Å². The minimum atomic E-state index is 0.532. The maximum absolute atomic E-state index is 5.15. The Balaban J connectivity index is 1.20. The van der Waals surface area contributed by atoms with Gasteiger partial charge in [-0.25, -0.2) is 24.9 Å². The van der Waals surface area contributed by atoms with E-state index in [2.05, 4.69) is 66.5 Å². The summed E-state index contributed by atoms with van der Waals surface area (Å²) >= 11 is 0. The molecule has 8 rings (SSSR count). The van der Waals surface area contributed by atoms with Crippen molar-refractivity contribution in [1.29, 1.82) is 0 Å². The standard InChI is InChI=1S/C39H26N6/c1-25-24-34(26-10-4-2-5-11-26)42-36-31(25)21-19-28-20-22-32(41-35(28)36)27-15-17-30(18-16-27)38-43-37(29-12-6-3-7-13-29)44-39(45-38)33-14-8-9-23-40-33/h2-24H,1H3. The van der Waals surface area contributed by atoms with E-state index in [-0.39, 0.29) is 0 Å². The molecular formula is C39H26N6. The number of pyridine rings is 3. The third-order valence-corrected chi connectivity index (χ3v) is 7.92. The summed E-state index contributed by atoms with van der Waals surface area (Å²) in [7, 11) is 0. The number of aromatic nitrogens is 6. The van der Waals surface area contributed by atoms with Crippen molar-refractivity contribution < 1.29 is 0 Å². The van der Waals surface area contributed by atoms with Crippen LogP contribution in [0.1, 0.15) is 5.56 Å². The number of benzene rings is 4. The van der Waals surface area contributed by atoms with Crippen molar-refractivity contribution in [1.82, 2.24) is 29.9 Å². The van der Waals surface area contributed by atoms with Crippen molar-refractivity contribution in [3.05, 3.63) is 145 Å².